The fraction of sp³-hybridized carbons (Fsp3) is 0.0526. The normalized spacial score (nSPS) is 10.9. The Labute approximate surface area is 147 Å². The van der Waals surface area contributed by atoms with Crippen molar-refractivity contribution in [2.24, 2.45) is 0 Å². The van der Waals surface area contributed by atoms with Gasteiger partial charge in [0.15, 0.2) is 0 Å². The Balaban J connectivity index is 1.63. The van der Waals surface area contributed by atoms with E-state index in [1.165, 1.54) is 0 Å². The largest absolute Gasteiger partial charge is 0.356 e. The molecule has 0 heterocycles. The summed E-state index contributed by atoms with van der Waals surface area (Å²) in [4.78, 5) is 0. The summed E-state index contributed by atoms with van der Waals surface area (Å²) in [6.07, 6.45) is 1.13. The van der Waals surface area contributed by atoms with Crippen molar-refractivity contribution in [3.05, 3.63) is 78.9 Å². The maximum Gasteiger partial charge on any atom is 0.229 e. The first-order valence-corrected chi connectivity index (χ1v) is 9.64. The molecule has 0 saturated heterocycles. The molecule has 0 radical (unpaired) electrons. The summed E-state index contributed by atoms with van der Waals surface area (Å²) >= 11 is 0. The van der Waals surface area contributed by atoms with Crippen LogP contribution in [0.4, 0.5) is 28.4 Å². The van der Waals surface area contributed by atoms with E-state index in [-0.39, 0.29) is 0 Å². The van der Waals surface area contributed by atoms with E-state index in [1.807, 2.05) is 66.7 Å². The monoisotopic (exact) mass is 353 g/mol. The summed E-state index contributed by atoms with van der Waals surface area (Å²) < 4.78 is 24.9. The van der Waals surface area contributed by atoms with Crippen LogP contribution in [0.25, 0.3) is 0 Å². The zero-order chi connectivity index (χ0) is 17.7. The summed E-state index contributed by atoms with van der Waals surface area (Å²) in [5, 5.41) is 6.61. The summed E-state index contributed by atoms with van der Waals surface area (Å²) in [6.45, 7) is 0. The van der Waals surface area contributed by atoms with E-state index in [4.69, 9.17) is 0 Å². The molecule has 0 saturated carbocycles. The topological polar surface area (TPSA) is 70.2 Å². The van der Waals surface area contributed by atoms with Crippen molar-refractivity contribution in [3.8, 4) is 0 Å². The Morgan fingerprint density at radius 2 is 0.920 bits per heavy atom. The highest BCUT2D eigenvalue weighted by Crippen LogP contribution is 2.22. The number of hydrogen-bond acceptors (Lipinski definition) is 4. The van der Waals surface area contributed by atoms with Crippen LogP contribution in [0.1, 0.15) is 0 Å². The predicted molar refractivity (Wildman–Crippen MR) is 104 cm³/mol. The second-order valence-electron chi connectivity index (χ2n) is 5.64. The molecule has 0 fully saturated rings. The van der Waals surface area contributed by atoms with Gasteiger partial charge in [-0.05, 0) is 60.7 Å². The van der Waals surface area contributed by atoms with Gasteiger partial charge in [-0.25, -0.2) is 8.42 Å². The van der Waals surface area contributed by atoms with Crippen LogP contribution in [-0.2, 0) is 10.0 Å². The lowest BCUT2D eigenvalue weighted by atomic mass is 10.2. The van der Waals surface area contributed by atoms with E-state index in [9.17, 15) is 8.42 Å². The number of sulfonamides is 1. The predicted octanol–water partition coefficient (Wildman–Crippen LogP) is 4.55. The first-order valence-electron chi connectivity index (χ1n) is 7.75. The SMILES string of the molecule is CS(=O)(=O)Nc1ccc(Nc2ccc(Nc3ccccc3)cc2)cc1. The zero-order valence-corrected chi connectivity index (χ0v) is 14.5. The Bertz CT molecular complexity index is 923. The molecule has 3 aromatic rings. The van der Waals surface area contributed by atoms with Crippen LogP contribution in [0.3, 0.4) is 0 Å². The van der Waals surface area contributed by atoms with Gasteiger partial charge in [-0.2, -0.15) is 0 Å². The lowest BCUT2D eigenvalue weighted by Crippen LogP contribution is -2.09. The molecule has 0 aliphatic carbocycles. The summed E-state index contributed by atoms with van der Waals surface area (Å²) in [7, 11) is -3.26. The molecule has 3 N–H and O–H groups in total. The van der Waals surface area contributed by atoms with Gasteiger partial charge in [-0.15, -0.1) is 0 Å². The van der Waals surface area contributed by atoms with Crippen LogP contribution >= 0.6 is 0 Å². The van der Waals surface area contributed by atoms with Gasteiger partial charge in [0.1, 0.15) is 0 Å². The fourth-order valence-electron chi connectivity index (χ4n) is 2.33. The highest BCUT2D eigenvalue weighted by Gasteiger charge is 2.02. The summed E-state index contributed by atoms with van der Waals surface area (Å²) in [6, 6.07) is 25.0. The number of nitrogens with one attached hydrogen (secondary N) is 3. The van der Waals surface area contributed by atoms with E-state index in [0.29, 0.717) is 5.69 Å². The lowest BCUT2D eigenvalue weighted by Gasteiger charge is -2.10. The van der Waals surface area contributed by atoms with Crippen molar-refractivity contribution in [2.45, 2.75) is 0 Å². The molecule has 3 aromatic carbocycles. The lowest BCUT2D eigenvalue weighted by molar-refractivity contribution is 0.607. The number of anilines is 5. The molecule has 25 heavy (non-hydrogen) atoms. The van der Waals surface area contributed by atoms with Gasteiger partial charge < -0.3 is 10.6 Å². The van der Waals surface area contributed by atoms with Gasteiger partial charge in [0.05, 0.1) is 6.26 Å². The molecule has 3 rings (SSSR count). The van der Waals surface area contributed by atoms with Gasteiger partial charge in [-0.3, -0.25) is 4.72 Å². The maximum atomic E-state index is 11.2. The maximum absolute atomic E-state index is 11.2. The molecule has 0 aliphatic rings. The molecular weight excluding hydrogens is 334 g/mol. The van der Waals surface area contributed by atoms with Crippen LogP contribution in [0.5, 0.6) is 0 Å². The smallest absolute Gasteiger partial charge is 0.229 e. The average molecular weight is 353 g/mol. The van der Waals surface area contributed by atoms with Crippen molar-refractivity contribution in [3.63, 3.8) is 0 Å². The highest BCUT2D eigenvalue weighted by molar-refractivity contribution is 7.92. The minimum Gasteiger partial charge on any atom is -0.356 e. The average Bonchev–Trinajstić information content (AvgIpc) is 2.58. The molecule has 0 spiro atoms. The first kappa shape index (κ1) is 16.9. The third-order valence-corrected chi connectivity index (χ3v) is 4.03. The Kier molecular flexibility index (Phi) is 4.90. The second kappa shape index (κ2) is 7.27. The summed E-state index contributed by atoms with van der Waals surface area (Å²) in [5.74, 6) is 0. The third-order valence-electron chi connectivity index (χ3n) is 3.42. The molecule has 0 amide bonds. The van der Waals surface area contributed by atoms with Gasteiger partial charge in [0, 0.05) is 28.4 Å². The second-order valence-corrected chi connectivity index (χ2v) is 7.39. The molecule has 0 atom stereocenters. The van der Waals surface area contributed by atoms with Crippen LogP contribution in [0, 0.1) is 0 Å². The number of hydrogen-bond donors (Lipinski definition) is 3. The number of para-hydroxylation sites is 1. The Morgan fingerprint density at radius 1 is 0.560 bits per heavy atom. The quantitative estimate of drug-likeness (QED) is 0.608. The molecular formula is C19H19N3O2S. The van der Waals surface area contributed by atoms with Crippen LogP contribution in [0.15, 0.2) is 78.9 Å². The molecule has 6 heteroatoms. The van der Waals surface area contributed by atoms with Crippen LogP contribution < -0.4 is 15.4 Å². The minimum atomic E-state index is -3.26. The first-order chi connectivity index (χ1) is 12.0. The van der Waals surface area contributed by atoms with Gasteiger partial charge >= 0.3 is 0 Å². The third kappa shape index (κ3) is 5.26. The van der Waals surface area contributed by atoms with E-state index in [2.05, 4.69) is 15.4 Å². The van der Waals surface area contributed by atoms with Crippen molar-refractivity contribution < 1.29 is 8.42 Å². The van der Waals surface area contributed by atoms with Crippen molar-refractivity contribution in [1.82, 2.24) is 0 Å². The minimum absolute atomic E-state index is 0.537. The van der Waals surface area contributed by atoms with Gasteiger partial charge in [-0.1, -0.05) is 18.2 Å². The number of rotatable bonds is 6. The Hall–Kier alpha value is -2.99. The molecule has 5 nitrogen and oxygen atoms in total. The number of benzene rings is 3. The van der Waals surface area contributed by atoms with Crippen molar-refractivity contribution in [2.75, 3.05) is 21.6 Å². The summed E-state index contributed by atoms with van der Waals surface area (Å²) in [5.41, 5.74) is 4.40. The molecule has 128 valence electrons. The molecule has 0 aromatic heterocycles. The van der Waals surface area contributed by atoms with Crippen LogP contribution in [0.2, 0.25) is 0 Å². The van der Waals surface area contributed by atoms with Gasteiger partial charge in [0.2, 0.25) is 10.0 Å². The Morgan fingerprint density at radius 3 is 1.32 bits per heavy atom. The van der Waals surface area contributed by atoms with E-state index < -0.39 is 10.0 Å². The van der Waals surface area contributed by atoms with E-state index >= 15 is 0 Å². The standard InChI is InChI=1S/C19H19N3O2S/c1-25(23,24)22-19-13-11-18(12-14-19)21-17-9-7-16(8-10-17)20-15-5-3-2-4-6-15/h2-14,20-22H,1H3. The molecule has 0 aliphatic heterocycles. The zero-order valence-electron chi connectivity index (χ0n) is 13.7. The van der Waals surface area contributed by atoms with E-state index in [0.717, 1.165) is 29.0 Å². The highest BCUT2D eigenvalue weighted by atomic mass is 32.2. The van der Waals surface area contributed by atoms with Crippen molar-refractivity contribution in [1.29, 1.82) is 0 Å². The van der Waals surface area contributed by atoms with Crippen molar-refractivity contribution >= 4 is 38.5 Å². The molecule has 0 unspecified atom stereocenters. The van der Waals surface area contributed by atoms with E-state index in [1.54, 1.807) is 12.1 Å². The fourth-order valence-corrected chi connectivity index (χ4v) is 2.89. The molecule has 0 bridgehead atoms. The van der Waals surface area contributed by atoms with Gasteiger partial charge in [0.25, 0.3) is 0 Å². The van der Waals surface area contributed by atoms with Crippen LogP contribution in [-0.4, -0.2) is 14.7 Å².